The van der Waals surface area contributed by atoms with Crippen LogP contribution in [0.2, 0.25) is 5.02 Å². The molecule has 0 spiro atoms. The molecule has 8 aromatic rings. The lowest BCUT2D eigenvalue weighted by molar-refractivity contribution is -0.141. The number of hydrogen-bond acceptors (Lipinski definition) is 21. The Kier molecular flexibility index (Phi) is 23.1. The summed E-state index contributed by atoms with van der Waals surface area (Å²) in [4.78, 5) is 68.6. The van der Waals surface area contributed by atoms with E-state index in [1.54, 1.807) is 36.2 Å². The van der Waals surface area contributed by atoms with Crippen LogP contribution in [0.5, 0.6) is 5.75 Å². The van der Waals surface area contributed by atoms with Crippen LogP contribution in [-0.4, -0.2) is 182 Å². The summed E-state index contributed by atoms with van der Waals surface area (Å²) in [6.07, 6.45) is 3.26. The van der Waals surface area contributed by atoms with E-state index in [4.69, 9.17) is 68.7 Å². The predicted molar refractivity (Wildman–Crippen MR) is 327 cm³/mol. The first-order valence-electron chi connectivity index (χ1n) is 28.8. The van der Waals surface area contributed by atoms with E-state index in [0.29, 0.717) is 151 Å². The molecule has 1 aliphatic heterocycles. The first-order valence-corrected chi connectivity index (χ1v) is 30.0. The van der Waals surface area contributed by atoms with Gasteiger partial charge in [-0.1, -0.05) is 35.0 Å². The van der Waals surface area contributed by atoms with Crippen LogP contribution in [0.3, 0.4) is 0 Å². The van der Waals surface area contributed by atoms with Crippen LogP contribution < -0.4 is 21.1 Å². The van der Waals surface area contributed by atoms with Gasteiger partial charge in [-0.25, -0.2) is 4.79 Å². The number of carbonyl (C=O) groups is 3. The van der Waals surface area contributed by atoms with Crippen molar-refractivity contribution in [1.29, 1.82) is 0 Å². The Bertz CT molecular complexity index is 3750. The first-order chi connectivity index (χ1) is 42.8. The molecule has 27 heteroatoms. The molecule has 0 radical (unpaired) electrons. The number of thiophene rings is 1. The number of aliphatic imine (C=N–C) groups is 1. The molecular formula is C61H72ClN11O14S. The van der Waals surface area contributed by atoms with Crippen molar-refractivity contribution in [2.24, 2.45) is 4.99 Å². The second kappa shape index (κ2) is 31.4. The molecule has 0 bridgehead atoms. The van der Waals surface area contributed by atoms with Crippen molar-refractivity contribution in [3.05, 3.63) is 133 Å². The molecule has 2 aromatic carbocycles. The van der Waals surface area contributed by atoms with Crippen LogP contribution in [0, 0.1) is 27.7 Å². The zero-order chi connectivity index (χ0) is 62.1. The standard InChI is InChI=1S/C61H72ClN11O14S/c1-37-53-55(42-11-13-43(62)14-12-42)67-48(34-52(75)79-7)58-69-68-41(5)73(58)60(53)88-57(37)59(76)65-17-19-81-21-23-83-25-27-85-29-31-86-30-28-84-26-24-82-22-20-80-18-16-64-51(74)36-71-49-35-66-47-32-45(54-38(2)70-87-40(54)4)50(78-6)33-44(47)56(49)72(61(71)77)39(3)46-10-8-9-15-63-46/h8-15,32-33,35,39,48H,16-31,34,36H2,1-7H3,(H,64,74)(H,65,76). The lowest BCUT2D eigenvalue weighted by Gasteiger charge is -2.15. The average Bonchev–Trinajstić information content (AvgIpc) is 1.62. The van der Waals surface area contributed by atoms with Gasteiger partial charge in [0, 0.05) is 46.4 Å². The maximum atomic E-state index is 14.3. The Morgan fingerprint density at radius 2 is 1.39 bits per heavy atom. The number of pyridine rings is 2. The van der Waals surface area contributed by atoms with Crippen molar-refractivity contribution in [3.63, 3.8) is 0 Å². The molecule has 0 saturated heterocycles. The van der Waals surface area contributed by atoms with Gasteiger partial charge in [0.15, 0.2) is 5.82 Å². The minimum atomic E-state index is -0.673. The number of aryl methyl sites for hydroxylation is 3. The minimum Gasteiger partial charge on any atom is -0.496 e. The van der Waals surface area contributed by atoms with Gasteiger partial charge in [0.1, 0.15) is 34.9 Å². The van der Waals surface area contributed by atoms with E-state index in [-0.39, 0.29) is 56.8 Å². The average molecular weight is 1250 g/mol. The number of fused-ring (bicyclic) bond motifs is 6. The van der Waals surface area contributed by atoms with Crippen LogP contribution in [0.4, 0.5) is 0 Å². The molecule has 7 heterocycles. The third-order valence-electron chi connectivity index (χ3n) is 14.5. The van der Waals surface area contributed by atoms with Crippen molar-refractivity contribution < 1.29 is 61.5 Å². The maximum absolute atomic E-state index is 14.3. The molecule has 88 heavy (non-hydrogen) atoms. The maximum Gasteiger partial charge on any atom is 0.330 e. The Morgan fingerprint density at radius 3 is 1.97 bits per heavy atom. The number of esters is 1. The zero-order valence-corrected chi connectivity index (χ0v) is 51.8. The second-order valence-corrected chi connectivity index (χ2v) is 21.7. The number of nitrogens with zero attached hydrogens (tertiary/aromatic N) is 9. The Morgan fingerprint density at radius 1 is 0.761 bits per heavy atom. The molecule has 2 atom stereocenters. The first kappa shape index (κ1) is 64.7. The number of hydrogen-bond donors (Lipinski definition) is 2. The van der Waals surface area contributed by atoms with Crippen LogP contribution in [0.1, 0.15) is 80.6 Å². The molecule has 6 aromatic heterocycles. The van der Waals surface area contributed by atoms with Gasteiger partial charge in [-0.05, 0) is 76.6 Å². The molecule has 25 nitrogen and oxygen atoms in total. The highest BCUT2D eigenvalue weighted by Gasteiger charge is 2.35. The number of amides is 2. The fourth-order valence-electron chi connectivity index (χ4n) is 10.2. The van der Waals surface area contributed by atoms with Gasteiger partial charge in [0.25, 0.3) is 5.91 Å². The Labute approximate surface area is 516 Å². The summed E-state index contributed by atoms with van der Waals surface area (Å²) in [5, 5.41) is 20.6. The van der Waals surface area contributed by atoms with E-state index < -0.39 is 18.1 Å². The van der Waals surface area contributed by atoms with Crippen molar-refractivity contribution in [1.82, 2.24) is 49.7 Å². The van der Waals surface area contributed by atoms with Crippen LogP contribution in [0.15, 0.2) is 81.3 Å². The SMILES string of the molecule is COC(=O)CC1N=C(c2ccc(Cl)cc2)c2c(sc(C(=O)NCCOCCOCCOCCOCCOCCOCCOCCNC(=O)Cn3c(=O)n(C(C)c4ccccn4)c4c5cc(OC)c(-c6c(C)noc6C)cc5ncc43)c2C)-n2c(C)nnc21. The minimum absolute atomic E-state index is 0.0401. The fourth-order valence-corrected chi connectivity index (χ4v) is 11.6. The van der Waals surface area contributed by atoms with Gasteiger partial charge in [0.2, 0.25) is 5.91 Å². The lowest BCUT2D eigenvalue weighted by atomic mass is 9.99. The number of aromatic nitrogens is 8. The smallest absolute Gasteiger partial charge is 0.330 e. The molecular weight excluding hydrogens is 1180 g/mol. The molecule has 0 fully saturated rings. The van der Waals surface area contributed by atoms with E-state index in [0.717, 1.165) is 32.8 Å². The van der Waals surface area contributed by atoms with Crippen molar-refractivity contribution in [3.8, 4) is 21.9 Å². The Balaban J connectivity index is 0.595. The summed E-state index contributed by atoms with van der Waals surface area (Å²) in [6.45, 7) is 14.6. The molecule has 468 valence electrons. The Hall–Kier alpha value is -7.79. The van der Waals surface area contributed by atoms with Crippen LogP contribution >= 0.6 is 22.9 Å². The van der Waals surface area contributed by atoms with E-state index in [1.807, 2.05) is 81.7 Å². The number of carbonyl (C=O) groups excluding carboxylic acids is 3. The molecule has 0 aliphatic carbocycles. The largest absolute Gasteiger partial charge is 0.496 e. The summed E-state index contributed by atoms with van der Waals surface area (Å²) in [5.41, 5.74) is 7.12. The van der Waals surface area contributed by atoms with Crippen molar-refractivity contribution >= 4 is 68.4 Å². The number of methoxy groups -OCH3 is 2. The van der Waals surface area contributed by atoms with Crippen molar-refractivity contribution in [2.45, 2.75) is 59.7 Å². The van der Waals surface area contributed by atoms with Gasteiger partial charge in [0.05, 0.1) is 169 Å². The molecule has 0 saturated carbocycles. The number of benzene rings is 2. The molecule has 1 aliphatic rings. The molecule has 9 rings (SSSR count). The number of imidazole rings is 1. The third kappa shape index (κ3) is 15.5. The van der Waals surface area contributed by atoms with Crippen LogP contribution in [0.25, 0.3) is 38.1 Å². The molecule has 2 unspecified atom stereocenters. The summed E-state index contributed by atoms with van der Waals surface area (Å²) in [7, 11) is 2.91. The van der Waals surface area contributed by atoms with Gasteiger partial charge in [-0.2, -0.15) is 0 Å². The topological polar surface area (TPSA) is 280 Å². The lowest BCUT2D eigenvalue weighted by Crippen LogP contribution is -2.35. The van der Waals surface area contributed by atoms with E-state index >= 15 is 0 Å². The number of ether oxygens (including phenoxy) is 9. The fraction of sp³-hybridized carbons (Fsp3) is 0.443. The van der Waals surface area contributed by atoms with E-state index in [2.05, 4.69) is 31.0 Å². The molecule has 2 amide bonds. The van der Waals surface area contributed by atoms with Crippen molar-refractivity contribution in [2.75, 3.05) is 120 Å². The number of nitrogens with one attached hydrogen (secondary N) is 2. The van der Waals surface area contributed by atoms with E-state index in [9.17, 15) is 19.2 Å². The van der Waals surface area contributed by atoms with Gasteiger partial charge < -0.3 is 57.8 Å². The van der Waals surface area contributed by atoms with Gasteiger partial charge >= 0.3 is 11.7 Å². The van der Waals surface area contributed by atoms with Crippen LogP contribution in [-0.2, 0) is 54.0 Å². The highest BCUT2D eigenvalue weighted by atomic mass is 35.5. The van der Waals surface area contributed by atoms with Gasteiger partial charge in [-0.15, -0.1) is 21.5 Å². The highest BCUT2D eigenvalue weighted by Crippen LogP contribution is 2.42. The predicted octanol–water partition coefficient (Wildman–Crippen LogP) is 6.67. The molecule has 2 N–H and O–H groups in total. The quantitative estimate of drug-likeness (QED) is 0.0315. The summed E-state index contributed by atoms with van der Waals surface area (Å²) in [5.74, 6) is 1.20. The highest BCUT2D eigenvalue weighted by molar-refractivity contribution is 7.17. The van der Waals surface area contributed by atoms with E-state index in [1.165, 1.54) is 23.0 Å². The monoisotopic (exact) mass is 1250 g/mol. The number of rotatable bonds is 34. The summed E-state index contributed by atoms with van der Waals surface area (Å²) >= 11 is 7.54. The summed E-state index contributed by atoms with van der Waals surface area (Å²) < 4.78 is 60.7. The third-order valence-corrected chi connectivity index (χ3v) is 16.0. The van der Waals surface area contributed by atoms with Gasteiger partial charge in [-0.3, -0.25) is 43.0 Å². The summed E-state index contributed by atoms with van der Waals surface area (Å²) in [6, 6.07) is 15.4. The zero-order valence-electron chi connectivity index (χ0n) is 50.3. The normalized spacial score (nSPS) is 13.3. The number of halogens is 1. The second-order valence-electron chi connectivity index (χ2n) is 20.3.